The van der Waals surface area contributed by atoms with Gasteiger partial charge >= 0.3 is 0 Å². The zero-order chi connectivity index (χ0) is 12.3. The molecule has 0 spiro atoms. The summed E-state index contributed by atoms with van der Waals surface area (Å²) in [5.41, 5.74) is 1.21. The average Bonchev–Trinajstić information content (AvgIpc) is 2.29. The molecule has 2 rings (SSSR count). The van der Waals surface area contributed by atoms with Gasteiger partial charge in [-0.2, -0.15) is 0 Å². The fraction of sp³-hybridized carbons (Fsp3) is 0.154. The van der Waals surface area contributed by atoms with E-state index in [1.807, 2.05) is 0 Å². The largest absolute Gasteiger partial charge is 0.508 e. The SMILES string of the molecule is Oc1cccc(CC(O)c2ccc(F)cn2)c1. The van der Waals surface area contributed by atoms with Gasteiger partial charge in [-0.3, -0.25) is 4.98 Å². The third kappa shape index (κ3) is 3.01. The normalized spacial score (nSPS) is 12.4. The number of rotatable bonds is 3. The number of phenolic OH excluding ortho intramolecular Hbond substituents is 1. The Morgan fingerprint density at radius 1 is 1.24 bits per heavy atom. The van der Waals surface area contributed by atoms with Gasteiger partial charge in [0.15, 0.2) is 0 Å². The van der Waals surface area contributed by atoms with Gasteiger partial charge in [-0.15, -0.1) is 0 Å². The minimum absolute atomic E-state index is 0.154. The lowest BCUT2D eigenvalue weighted by atomic mass is 10.1. The standard InChI is InChI=1S/C13H12FNO2/c14-10-4-5-12(15-8-10)13(17)7-9-2-1-3-11(16)6-9/h1-6,8,13,16-17H,7H2. The average molecular weight is 233 g/mol. The summed E-state index contributed by atoms with van der Waals surface area (Å²) in [4.78, 5) is 3.81. The van der Waals surface area contributed by atoms with Gasteiger partial charge in [-0.1, -0.05) is 12.1 Å². The fourth-order valence-corrected chi connectivity index (χ4v) is 1.60. The summed E-state index contributed by atoms with van der Waals surface area (Å²) in [7, 11) is 0. The second-order valence-corrected chi connectivity index (χ2v) is 3.79. The Balaban J connectivity index is 2.11. The number of hydrogen-bond donors (Lipinski definition) is 2. The number of aromatic nitrogens is 1. The molecule has 1 aromatic heterocycles. The number of halogens is 1. The second-order valence-electron chi connectivity index (χ2n) is 3.79. The molecule has 1 unspecified atom stereocenters. The molecule has 0 saturated heterocycles. The van der Waals surface area contributed by atoms with Crippen LogP contribution in [0.1, 0.15) is 17.4 Å². The van der Waals surface area contributed by atoms with Crippen LogP contribution in [0.3, 0.4) is 0 Å². The minimum Gasteiger partial charge on any atom is -0.508 e. The van der Waals surface area contributed by atoms with Crippen molar-refractivity contribution in [2.24, 2.45) is 0 Å². The van der Waals surface area contributed by atoms with Gasteiger partial charge in [0.1, 0.15) is 11.6 Å². The quantitative estimate of drug-likeness (QED) is 0.854. The predicted molar refractivity (Wildman–Crippen MR) is 61.0 cm³/mol. The molecule has 1 aromatic carbocycles. The molecule has 0 aliphatic heterocycles. The molecule has 0 saturated carbocycles. The molecule has 2 aromatic rings. The molecule has 1 heterocycles. The van der Waals surface area contributed by atoms with Gasteiger partial charge < -0.3 is 10.2 Å². The van der Waals surface area contributed by atoms with E-state index >= 15 is 0 Å². The lowest BCUT2D eigenvalue weighted by molar-refractivity contribution is 0.173. The number of phenols is 1. The summed E-state index contributed by atoms with van der Waals surface area (Å²) >= 11 is 0. The Labute approximate surface area is 98.2 Å². The van der Waals surface area contributed by atoms with Crippen molar-refractivity contribution in [3.63, 3.8) is 0 Å². The molecular weight excluding hydrogens is 221 g/mol. The lowest BCUT2D eigenvalue weighted by Gasteiger charge is -2.10. The third-order valence-electron chi connectivity index (χ3n) is 2.43. The number of hydrogen-bond acceptors (Lipinski definition) is 3. The van der Waals surface area contributed by atoms with Crippen LogP contribution in [-0.4, -0.2) is 15.2 Å². The molecule has 1 atom stereocenters. The van der Waals surface area contributed by atoms with E-state index in [1.165, 1.54) is 12.1 Å². The first-order chi connectivity index (χ1) is 8.15. The molecule has 0 bridgehead atoms. The summed E-state index contributed by atoms with van der Waals surface area (Å²) in [6.45, 7) is 0. The van der Waals surface area contributed by atoms with E-state index in [4.69, 9.17) is 0 Å². The second kappa shape index (κ2) is 4.93. The Bertz CT molecular complexity index is 499. The molecule has 0 radical (unpaired) electrons. The van der Waals surface area contributed by atoms with Crippen molar-refractivity contribution in [1.29, 1.82) is 0 Å². The van der Waals surface area contributed by atoms with Crippen molar-refractivity contribution in [3.8, 4) is 5.75 Å². The van der Waals surface area contributed by atoms with Crippen molar-refractivity contribution in [2.45, 2.75) is 12.5 Å². The van der Waals surface area contributed by atoms with Crippen molar-refractivity contribution in [1.82, 2.24) is 4.98 Å². The van der Waals surface area contributed by atoms with Crippen LogP contribution in [0.15, 0.2) is 42.6 Å². The summed E-state index contributed by atoms with van der Waals surface area (Å²) in [6.07, 6.45) is 0.589. The van der Waals surface area contributed by atoms with Crippen LogP contribution < -0.4 is 0 Å². The third-order valence-corrected chi connectivity index (χ3v) is 2.43. The van der Waals surface area contributed by atoms with Gasteiger partial charge in [0.25, 0.3) is 0 Å². The van der Waals surface area contributed by atoms with Crippen molar-refractivity contribution < 1.29 is 14.6 Å². The van der Waals surface area contributed by atoms with E-state index in [1.54, 1.807) is 24.3 Å². The number of nitrogens with zero attached hydrogens (tertiary/aromatic N) is 1. The monoisotopic (exact) mass is 233 g/mol. The molecule has 0 aliphatic rings. The number of pyridine rings is 1. The lowest BCUT2D eigenvalue weighted by Crippen LogP contribution is -2.04. The number of aliphatic hydroxyl groups excluding tert-OH is 1. The van der Waals surface area contributed by atoms with E-state index < -0.39 is 11.9 Å². The first-order valence-electron chi connectivity index (χ1n) is 5.22. The van der Waals surface area contributed by atoms with Gasteiger partial charge in [0, 0.05) is 6.42 Å². The molecule has 17 heavy (non-hydrogen) atoms. The molecule has 3 nitrogen and oxygen atoms in total. The van der Waals surface area contributed by atoms with Gasteiger partial charge in [0.05, 0.1) is 18.0 Å². The highest BCUT2D eigenvalue weighted by Crippen LogP contribution is 2.19. The van der Waals surface area contributed by atoms with E-state index in [9.17, 15) is 14.6 Å². The van der Waals surface area contributed by atoms with E-state index in [2.05, 4.69) is 4.98 Å². The number of aliphatic hydroxyl groups is 1. The highest BCUT2D eigenvalue weighted by Gasteiger charge is 2.10. The molecule has 0 fully saturated rings. The molecule has 2 N–H and O–H groups in total. The smallest absolute Gasteiger partial charge is 0.141 e. The first-order valence-corrected chi connectivity index (χ1v) is 5.22. The molecule has 4 heteroatoms. The van der Waals surface area contributed by atoms with Crippen molar-refractivity contribution in [2.75, 3.05) is 0 Å². The van der Waals surface area contributed by atoms with E-state index in [0.717, 1.165) is 11.8 Å². The van der Waals surface area contributed by atoms with Gasteiger partial charge in [-0.05, 0) is 29.8 Å². The van der Waals surface area contributed by atoms with Crippen LogP contribution in [-0.2, 0) is 6.42 Å². The van der Waals surface area contributed by atoms with E-state index in [0.29, 0.717) is 12.1 Å². The maximum atomic E-state index is 12.7. The van der Waals surface area contributed by atoms with Crippen molar-refractivity contribution >= 4 is 0 Å². The topological polar surface area (TPSA) is 53.4 Å². The summed E-state index contributed by atoms with van der Waals surface area (Å²) < 4.78 is 12.7. The van der Waals surface area contributed by atoms with Crippen LogP contribution in [0.5, 0.6) is 5.75 Å². The zero-order valence-corrected chi connectivity index (χ0v) is 9.05. The maximum absolute atomic E-state index is 12.7. The van der Waals surface area contributed by atoms with Crippen LogP contribution in [0.25, 0.3) is 0 Å². The van der Waals surface area contributed by atoms with Crippen LogP contribution >= 0.6 is 0 Å². The highest BCUT2D eigenvalue weighted by atomic mass is 19.1. The van der Waals surface area contributed by atoms with Gasteiger partial charge in [-0.25, -0.2) is 4.39 Å². The number of benzene rings is 1. The van der Waals surface area contributed by atoms with Crippen LogP contribution in [0.4, 0.5) is 4.39 Å². The molecule has 0 aliphatic carbocycles. The van der Waals surface area contributed by atoms with E-state index in [-0.39, 0.29) is 5.75 Å². The van der Waals surface area contributed by atoms with Crippen LogP contribution in [0.2, 0.25) is 0 Å². The first kappa shape index (κ1) is 11.5. The summed E-state index contributed by atoms with van der Waals surface area (Å²) in [5.74, 6) is -0.278. The summed E-state index contributed by atoms with van der Waals surface area (Å²) in [5, 5.41) is 19.2. The van der Waals surface area contributed by atoms with Gasteiger partial charge in [0.2, 0.25) is 0 Å². The molecular formula is C13H12FNO2. The minimum atomic E-state index is -0.808. The Hall–Kier alpha value is -1.94. The summed E-state index contributed by atoms with van der Waals surface area (Å²) in [6, 6.07) is 9.34. The van der Waals surface area contributed by atoms with Crippen LogP contribution in [0, 0.1) is 5.82 Å². The Morgan fingerprint density at radius 3 is 2.71 bits per heavy atom. The molecule has 88 valence electrons. The number of aromatic hydroxyl groups is 1. The highest BCUT2D eigenvalue weighted by molar-refractivity contribution is 5.28. The Morgan fingerprint density at radius 2 is 2.06 bits per heavy atom. The van der Waals surface area contributed by atoms with Crippen molar-refractivity contribution in [3.05, 3.63) is 59.7 Å². The Kier molecular flexibility index (Phi) is 3.35. The molecule has 0 amide bonds. The zero-order valence-electron chi connectivity index (χ0n) is 9.05. The maximum Gasteiger partial charge on any atom is 0.141 e. The predicted octanol–water partition coefficient (Wildman–Crippen LogP) is 2.20. The fourth-order valence-electron chi connectivity index (χ4n) is 1.60.